The van der Waals surface area contributed by atoms with Crippen molar-refractivity contribution in [3.05, 3.63) is 41.7 Å². The maximum Gasteiger partial charge on any atom is 0.123 e. The molecule has 3 heteroatoms. The summed E-state index contributed by atoms with van der Waals surface area (Å²) in [7, 11) is 0. The molecule has 0 radical (unpaired) electrons. The van der Waals surface area contributed by atoms with E-state index in [-0.39, 0.29) is 5.82 Å². The largest absolute Gasteiger partial charge is 0.317 e. The van der Waals surface area contributed by atoms with E-state index >= 15 is 0 Å². The van der Waals surface area contributed by atoms with Gasteiger partial charge in [0, 0.05) is 5.75 Å². The number of nitrogens with one attached hydrogen (secondary N) is 1. The van der Waals surface area contributed by atoms with Crippen LogP contribution in [0.25, 0.3) is 5.57 Å². The molecule has 0 saturated carbocycles. The van der Waals surface area contributed by atoms with Gasteiger partial charge in [0.1, 0.15) is 5.82 Å². The Labute approximate surface area is 108 Å². The van der Waals surface area contributed by atoms with Gasteiger partial charge < -0.3 is 5.32 Å². The van der Waals surface area contributed by atoms with Gasteiger partial charge in [0.05, 0.1) is 0 Å². The van der Waals surface area contributed by atoms with Crippen molar-refractivity contribution < 1.29 is 4.39 Å². The first-order valence-electron chi connectivity index (χ1n) is 6.09. The minimum absolute atomic E-state index is 0.165. The highest BCUT2D eigenvalue weighted by molar-refractivity contribution is 7.80. The molecule has 0 amide bonds. The number of piperidine rings is 1. The van der Waals surface area contributed by atoms with E-state index in [2.05, 4.69) is 24.0 Å². The molecule has 1 N–H and O–H groups in total. The predicted molar refractivity (Wildman–Crippen MR) is 73.8 cm³/mol. The van der Waals surface area contributed by atoms with Gasteiger partial charge >= 0.3 is 0 Å². The average molecular weight is 251 g/mol. The fourth-order valence-corrected chi connectivity index (χ4v) is 2.62. The van der Waals surface area contributed by atoms with Gasteiger partial charge in [-0.3, -0.25) is 0 Å². The van der Waals surface area contributed by atoms with Crippen molar-refractivity contribution in [1.29, 1.82) is 0 Å². The smallest absolute Gasteiger partial charge is 0.123 e. The summed E-state index contributed by atoms with van der Waals surface area (Å²) in [5, 5.41) is 3.35. The van der Waals surface area contributed by atoms with Gasteiger partial charge in [0.15, 0.2) is 0 Å². The molecule has 0 bridgehead atoms. The lowest BCUT2D eigenvalue weighted by Gasteiger charge is -2.25. The Hall–Kier alpha value is -0.800. The van der Waals surface area contributed by atoms with Crippen molar-refractivity contribution in [2.24, 2.45) is 5.92 Å². The second kappa shape index (κ2) is 6.22. The van der Waals surface area contributed by atoms with Crippen LogP contribution in [0.15, 0.2) is 30.3 Å². The van der Waals surface area contributed by atoms with Crippen LogP contribution in [0.5, 0.6) is 0 Å². The lowest BCUT2D eigenvalue weighted by Crippen LogP contribution is -2.28. The quantitative estimate of drug-likeness (QED) is 0.787. The topological polar surface area (TPSA) is 12.0 Å². The molecule has 0 aliphatic carbocycles. The van der Waals surface area contributed by atoms with E-state index in [1.54, 1.807) is 12.1 Å². The molecule has 2 rings (SSSR count). The first-order chi connectivity index (χ1) is 8.31. The number of rotatable bonds is 3. The van der Waals surface area contributed by atoms with Crippen LogP contribution in [0.1, 0.15) is 18.4 Å². The van der Waals surface area contributed by atoms with Gasteiger partial charge in [0.25, 0.3) is 0 Å². The van der Waals surface area contributed by atoms with Crippen molar-refractivity contribution in [3.63, 3.8) is 0 Å². The Morgan fingerprint density at radius 3 is 2.82 bits per heavy atom. The highest BCUT2D eigenvalue weighted by Gasteiger charge is 2.18. The summed E-state index contributed by atoms with van der Waals surface area (Å²) in [4.78, 5) is 0. The van der Waals surface area contributed by atoms with Crippen LogP contribution < -0.4 is 5.32 Å². The first-order valence-corrected chi connectivity index (χ1v) is 6.72. The molecule has 1 aromatic rings. The van der Waals surface area contributed by atoms with Crippen molar-refractivity contribution in [1.82, 2.24) is 5.32 Å². The summed E-state index contributed by atoms with van der Waals surface area (Å²) in [6.45, 7) is 2.09. The minimum Gasteiger partial charge on any atom is -0.317 e. The lowest BCUT2D eigenvalue weighted by atomic mass is 9.85. The zero-order chi connectivity index (χ0) is 12.1. The van der Waals surface area contributed by atoms with E-state index in [0.29, 0.717) is 11.7 Å². The molecule has 1 aliphatic heterocycles. The van der Waals surface area contributed by atoms with E-state index < -0.39 is 0 Å². The Morgan fingerprint density at radius 1 is 1.41 bits per heavy atom. The third-order valence-electron chi connectivity index (χ3n) is 3.25. The van der Waals surface area contributed by atoms with Gasteiger partial charge in [-0.05, 0) is 55.1 Å². The molecule has 1 nitrogen and oxygen atoms in total. The fourth-order valence-electron chi connectivity index (χ4n) is 2.42. The zero-order valence-electron chi connectivity index (χ0n) is 9.82. The molecular weight excluding hydrogens is 233 g/mol. The van der Waals surface area contributed by atoms with Gasteiger partial charge in [-0.15, -0.1) is 0 Å². The van der Waals surface area contributed by atoms with Gasteiger partial charge in [-0.25, -0.2) is 4.39 Å². The van der Waals surface area contributed by atoms with E-state index in [9.17, 15) is 4.39 Å². The monoisotopic (exact) mass is 251 g/mol. The number of allylic oxidation sites excluding steroid dienone is 1. The van der Waals surface area contributed by atoms with Crippen molar-refractivity contribution in [2.45, 2.75) is 12.8 Å². The number of hydrogen-bond donors (Lipinski definition) is 2. The van der Waals surface area contributed by atoms with Crippen LogP contribution in [0, 0.1) is 11.7 Å². The van der Waals surface area contributed by atoms with Crippen LogP contribution in [0.2, 0.25) is 0 Å². The predicted octanol–water partition coefficient (Wildman–Crippen LogP) is 3.14. The second-order valence-corrected chi connectivity index (χ2v) is 4.74. The molecule has 17 heavy (non-hydrogen) atoms. The summed E-state index contributed by atoms with van der Waals surface area (Å²) in [6.07, 6.45) is 4.36. The molecule has 1 fully saturated rings. The van der Waals surface area contributed by atoms with Crippen molar-refractivity contribution in [3.8, 4) is 0 Å². The molecule has 1 heterocycles. The summed E-state index contributed by atoms with van der Waals surface area (Å²) in [6, 6.07) is 6.88. The third-order valence-corrected chi connectivity index (χ3v) is 3.43. The molecule has 0 aromatic heterocycles. The third kappa shape index (κ3) is 3.33. The van der Waals surface area contributed by atoms with Crippen molar-refractivity contribution in [2.75, 3.05) is 18.8 Å². The molecule has 0 spiro atoms. The lowest BCUT2D eigenvalue weighted by molar-refractivity contribution is 0.446. The van der Waals surface area contributed by atoms with E-state index in [1.807, 2.05) is 6.07 Å². The summed E-state index contributed by atoms with van der Waals surface area (Å²) >= 11 is 4.27. The Balaban J connectivity index is 2.25. The maximum atomic E-state index is 13.3. The maximum absolute atomic E-state index is 13.3. The summed E-state index contributed by atoms with van der Waals surface area (Å²) in [5.74, 6) is 1.07. The highest BCUT2D eigenvalue weighted by atomic mass is 32.1. The Bertz CT molecular complexity index is 397. The molecule has 0 atom stereocenters. The number of benzene rings is 1. The summed E-state index contributed by atoms with van der Waals surface area (Å²) < 4.78 is 13.3. The van der Waals surface area contributed by atoms with Crippen LogP contribution in [-0.2, 0) is 0 Å². The van der Waals surface area contributed by atoms with E-state index in [1.165, 1.54) is 11.6 Å². The first kappa shape index (κ1) is 12.7. The minimum atomic E-state index is -0.165. The van der Waals surface area contributed by atoms with E-state index in [0.717, 1.165) is 31.5 Å². The molecule has 1 aliphatic rings. The van der Waals surface area contributed by atoms with Crippen LogP contribution in [-0.4, -0.2) is 18.8 Å². The highest BCUT2D eigenvalue weighted by Crippen LogP contribution is 2.30. The van der Waals surface area contributed by atoms with Gasteiger partial charge in [0.2, 0.25) is 0 Å². The number of thiol groups is 1. The Kier molecular flexibility index (Phi) is 4.63. The van der Waals surface area contributed by atoms with E-state index in [4.69, 9.17) is 0 Å². The standard InChI is InChI=1S/C14H18FNS/c15-13-3-1-2-12(10-13)14(6-9-17)11-4-7-16-8-5-11/h1-3,6,10-11,16-17H,4-5,7-9H2. The molecule has 1 aromatic carbocycles. The zero-order valence-corrected chi connectivity index (χ0v) is 10.7. The second-order valence-electron chi connectivity index (χ2n) is 4.38. The van der Waals surface area contributed by atoms with Crippen LogP contribution in [0.4, 0.5) is 4.39 Å². The van der Waals surface area contributed by atoms with Crippen molar-refractivity contribution >= 4 is 18.2 Å². The summed E-state index contributed by atoms with van der Waals surface area (Å²) in [5.41, 5.74) is 2.26. The van der Waals surface area contributed by atoms with Gasteiger partial charge in [-0.2, -0.15) is 12.6 Å². The van der Waals surface area contributed by atoms with Crippen LogP contribution >= 0.6 is 12.6 Å². The normalized spacial score (nSPS) is 18.4. The SMILES string of the molecule is Fc1cccc(C(=CCS)C2CCNCC2)c1. The molecule has 0 unspecified atom stereocenters. The number of halogens is 1. The molecular formula is C14H18FNS. The fraction of sp³-hybridized carbons (Fsp3) is 0.429. The average Bonchev–Trinajstić information content (AvgIpc) is 2.37. The molecule has 92 valence electrons. The van der Waals surface area contributed by atoms with Gasteiger partial charge in [-0.1, -0.05) is 18.2 Å². The number of hydrogen-bond acceptors (Lipinski definition) is 2. The van der Waals surface area contributed by atoms with Crippen LogP contribution in [0.3, 0.4) is 0 Å². The molecule has 1 saturated heterocycles. The Morgan fingerprint density at radius 2 is 2.18 bits per heavy atom.